The predicted molar refractivity (Wildman–Crippen MR) is 79.9 cm³/mol. The van der Waals surface area contributed by atoms with Crippen molar-refractivity contribution in [2.24, 2.45) is 5.92 Å². The molecule has 108 valence electrons. The predicted octanol–water partition coefficient (Wildman–Crippen LogP) is 1.83. The zero-order valence-corrected chi connectivity index (χ0v) is 13.5. The highest BCUT2D eigenvalue weighted by Crippen LogP contribution is 2.16. The van der Waals surface area contributed by atoms with E-state index in [0.29, 0.717) is 5.92 Å². The van der Waals surface area contributed by atoms with Crippen LogP contribution in [0.25, 0.3) is 0 Å². The zero-order chi connectivity index (χ0) is 14.5. The van der Waals surface area contributed by atoms with Crippen LogP contribution in [0.1, 0.15) is 13.8 Å². The van der Waals surface area contributed by atoms with Gasteiger partial charge in [0.15, 0.2) is 9.84 Å². The van der Waals surface area contributed by atoms with E-state index in [0.717, 1.165) is 11.0 Å². The maximum atomic E-state index is 12.0. The van der Waals surface area contributed by atoms with Crippen molar-refractivity contribution < 1.29 is 13.5 Å². The normalized spacial score (nSPS) is 13.7. The van der Waals surface area contributed by atoms with E-state index in [1.807, 2.05) is 0 Å². The van der Waals surface area contributed by atoms with Gasteiger partial charge in [-0.3, -0.25) is 0 Å². The Bertz CT molecular complexity index is 485. The molecule has 0 aliphatic carbocycles. The minimum atomic E-state index is -3.44. The number of rotatable bonds is 7. The van der Waals surface area contributed by atoms with E-state index >= 15 is 0 Å². The maximum Gasteiger partial charge on any atom is 0.180 e. The molecule has 0 aliphatic heterocycles. The molecule has 0 aliphatic rings. The molecule has 0 fully saturated rings. The average molecular weight is 350 g/mol. The van der Waals surface area contributed by atoms with Crippen molar-refractivity contribution in [3.05, 3.63) is 28.7 Å². The molecule has 0 radical (unpaired) electrons. The summed E-state index contributed by atoms with van der Waals surface area (Å²) in [5, 5.41) is 12.8. The van der Waals surface area contributed by atoms with Gasteiger partial charge in [0.1, 0.15) is 0 Å². The maximum absolute atomic E-state index is 12.0. The number of aliphatic hydroxyl groups is 1. The minimum Gasteiger partial charge on any atom is -0.391 e. The molecule has 0 amide bonds. The van der Waals surface area contributed by atoms with Crippen molar-refractivity contribution >= 4 is 25.8 Å². The highest BCUT2D eigenvalue weighted by molar-refractivity contribution is 9.10. The first kappa shape index (κ1) is 16.6. The Morgan fingerprint density at radius 1 is 1.21 bits per heavy atom. The third-order valence-corrected chi connectivity index (χ3v) is 4.86. The van der Waals surface area contributed by atoms with Gasteiger partial charge in [-0.05, 0) is 36.7 Å². The number of hydrogen-bond acceptors (Lipinski definition) is 4. The van der Waals surface area contributed by atoms with Gasteiger partial charge in [0.2, 0.25) is 0 Å². The molecule has 19 heavy (non-hydrogen) atoms. The first-order valence-electron chi connectivity index (χ1n) is 6.18. The van der Waals surface area contributed by atoms with Crippen LogP contribution in [-0.4, -0.2) is 38.5 Å². The first-order valence-corrected chi connectivity index (χ1v) is 8.63. The summed E-state index contributed by atoms with van der Waals surface area (Å²) in [6.07, 6.45) is -0.896. The monoisotopic (exact) mass is 349 g/mol. The molecule has 0 heterocycles. The highest BCUT2D eigenvalue weighted by atomic mass is 79.9. The summed E-state index contributed by atoms with van der Waals surface area (Å²) in [5.74, 6) is 0.204. The quantitative estimate of drug-likeness (QED) is 0.787. The zero-order valence-electron chi connectivity index (χ0n) is 11.1. The van der Waals surface area contributed by atoms with Crippen molar-refractivity contribution in [1.29, 1.82) is 0 Å². The van der Waals surface area contributed by atoms with Crippen LogP contribution in [0.15, 0.2) is 33.6 Å². The Labute approximate surface area is 123 Å². The van der Waals surface area contributed by atoms with Gasteiger partial charge in [0, 0.05) is 11.0 Å². The largest absolute Gasteiger partial charge is 0.391 e. The Hall–Kier alpha value is -0.430. The van der Waals surface area contributed by atoms with E-state index in [9.17, 15) is 13.5 Å². The highest BCUT2D eigenvalue weighted by Gasteiger charge is 2.19. The second-order valence-electron chi connectivity index (χ2n) is 4.94. The molecule has 4 nitrogen and oxygen atoms in total. The molecule has 0 saturated carbocycles. The van der Waals surface area contributed by atoms with Gasteiger partial charge in [-0.2, -0.15) is 0 Å². The van der Waals surface area contributed by atoms with Gasteiger partial charge in [0.25, 0.3) is 0 Å². The van der Waals surface area contributed by atoms with E-state index < -0.39 is 15.9 Å². The molecule has 1 atom stereocenters. The number of hydrogen-bond donors (Lipinski definition) is 2. The molecule has 0 aromatic heterocycles. The number of halogens is 1. The van der Waals surface area contributed by atoms with E-state index in [1.54, 1.807) is 12.1 Å². The minimum absolute atomic E-state index is 0.235. The Kier molecular flexibility index (Phi) is 6.46. The molecule has 1 aromatic rings. The molecule has 1 rings (SSSR count). The van der Waals surface area contributed by atoms with E-state index in [-0.39, 0.29) is 17.2 Å². The van der Waals surface area contributed by atoms with Crippen LogP contribution in [0.4, 0.5) is 0 Å². The second-order valence-corrected chi connectivity index (χ2v) is 7.89. The molecule has 0 bridgehead atoms. The van der Waals surface area contributed by atoms with Crippen LogP contribution in [0.5, 0.6) is 0 Å². The molecule has 6 heteroatoms. The molecule has 0 saturated heterocycles. The fourth-order valence-electron chi connectivity index (χ4n) is 1.59. The number of nitrogens with one attached hydrogen (secondary N) is 1. The summed E-state index contributed by atoms with van der Waals surface area (Å²) in [6.45, 7) is 5.15. The van der Waals surface area contributed by atoms with E-state index in [2.05, 4.69) is 35.1 Å². The van der Waals surface area contributed by atoms with Gasteiger partial charge in [-0.15, -0.1) is 0 Å². The summed E-state index contributed by atoms with van der Waals surface area (Å²) in [6, 6.07) is 6.42. The summed E-state index contributed by atoms with van der Waals surface area (Å²) in [5.41, 5.74) is 0. The van der Waals surface area contributed by atoms with Crippen LogP contribution >= 0.6 is 15.9 Å². The average Bonchev–Trinajstić information content (AvgIpc) is 2.28. The van der Waals surface area contributed by atoms with Crippen LogP contribution in [0.3, 0.4) is 0 Å². The van der Waals surface area contributed by atoms with Crippen LogP contribution in [0.2, 0.25) is 0 Å². The van der Waals surface area contributed by atoms with Gasteiger partial charge in [-0.25, -0.2) is 8.42 Å². The van der Waals surface area contributed by atoms with Crippen molar-refractivity contribution in [3.8, 4) is 0 Å². The topological polar surface area (TPSA) is 66.4 Å². The standard InChI is InChI=1S/C13H20BrNO3S/c1-10(2)7-15-8-12(16)9-19(17,18)13-5-3-11(14)4-6-13/h3-6,10,12,15-16H,7-9H2,1-2H3. The molecule has 2 N–H and O–H groups in total. The summed E-state index contributed by atoms with van der Waals surface area (Å²) < 4.78 is 24.9. The van der Waals surface area contributed by atoms with Gasteiger partial charge in [-0.1, -0.05) is 29.8 Å². The Morgan fingerprint density at radius 3 is 2.32 bits per heavy atom. The fourth-order valence-corrected chi connectivity index (χ4v) is 3.22. The first-order chi connectivity index (χ1) is 8.81. The van der Waals surface area contributed by atoms with Crippen molar-refractivity contribution in [2.75, 3.05) is 18.8 Å². The van der Waals surface area contributed by atoms with Crippen LogP contribution in [0, 0.1) is 5.92 Å². The third-order valence-electron chi connectivity index (χ3n) is 2.52. The lowest BCUT2D eigenvalue weighted by Crippen LogP contribution is -2.34. The van der Waals surface area contributed by atoms with Crippen LogP contribution < -0.4 is 5.32 Å². The van der Waals surface area contributed by atoms with Gasteiger partial charge in [0.05, 0.1) is 16.8 Å². The van der Waals surface area contributed by atoms with Crippen molar-refractivity contribution in [2.45, 2.75) is 24.8 Å². The number of sulfone groups is 1. The lowest BCUT2D eigenvalue weighted by atomic mass is 10.2. The number of aliphatic hydroxyl groups excluding tert-OH is 1. The molecular weight excluding hydrogens is 330 g/mol. The Balaban J connectivity index is 2.57. The summed E-state index contributed by atoms with van der Waals surface area (Å²) in [7, 11) is -3.44. The SMILES string of the molecule is CC(C)CNCC(O)CS(=O)(=O)c1ccc(Br)cc1. The second kappa shape index (κ2) is 7.38. The third kappa shape index (κ3) is 6.03. The van der Waals surface area contributed by atoms with E-state index in [4.69, 9.17) is 0 Å². The van der Waals surface area contributed by atoms with Gasteiger partial charge < -0.3 is 10.4 Å². The van der Waals surface area contributed by atoms with Crippen LogP contribution in [-0.2, 0) is 9.84 Å². The smallest absolute Gasteiger partial charge is 0.180 e. The van der Waals surface area contributed by atoms with E-state index in [1.165, 1.54) is 12.1 Å². The van der Waals surface area contributed by atoms with Gasteiger partial charge >= 0.3 is 0 Å². The van der Waals surface area contributed by atoms with Crippen molar-refractivity contribution in [3.63, 3.8) is 0 Å². The molecule has 0 spiro atoms. The summed E-state index contributed by atoms with van der Waals surface area (Å²) >= 11 is 3.26. The molecule has 1 unspecified atom stereocenters. The fraction of sp³-hybridized carbons (Fsp3) is 0.538. The van der Waals surface area contributed by atoms with Crippen molar-refractivity contribution in [1.82, 2.24) is 5.32 Å². The lowest BCUT2D eigenvalue weighted by Gasteiger charge is -2.13. The molecular formula is C13H20BrNO3S. The molecule has 1 aromatic carbocycles. The number of benzene rings is 1. The summed E-state index contributed by atoms with van der Waals surface area (Å²) in [4.78, 5) is 0.235. The Morgan fingerprint density at radius 2 is 1.79 bits per heavy atom. The lowest BCUT2D eigenvalue weighted by molar-refractivity contribution is 0.192.